The van der Waals surface area contributed by atoms with Gasteiger partial charge < -0.3 is 9.88 Å². The number of hydrogen-bond acceptors (Lipinski definition) is 7. The lowest BCUT2D eigenvalue weighted by atomic mass is 9.80. The zero-order chi connectivity index (χ0) is 20.7. The van der Waals surface area contributed by atoms with E-state index in [4.69, 9.17) is 4.98 Å². The van der Waals surface area contributed by atoms with Crippen molar-refractivity contribution < 1.29 is 4.52 Å². The average molecular weight is 412 g/mol. The third-order valence-electron chi connectivity index (χ3n) is 6.94. The molecule has 2 N–H and O–H groups in total. The van der Waals surface area contributed by atoms with E-state index in [1.165, 1.54) is 44.9 Å². The molecular formula is C21H29N7O2. The van der Waals surface area contributed by atoms with Crippen LogP contribution < -0.4 is 11.1 Å². The normalized spacial score (nSPS) is 23.4. The van der Waals surface area contributed by atoms with Crippen LogP contribution >= 0.6 is 0 Å². The lowest BCUT2D eigenvalue weighted by Crippen LogP contribution is -2.31. The average Bonchev–Trinajstić information content (AvgIpc) is 3.28. The van der Waals surface area contributed by atoms with Crippen LogP contribution in [-0.4, -0.2) is 35.7 Å². The van der Waals surface area contributed by atoms with E-state index < -0.39 is 5.76 Å². The van der Waals surface area contributed by atoms with Crippen molar-refractivity contribution in [3.63, 3.8) is 0 Å². The lowest BCUT2D eigenvalue weighted by molar-refractivity contribution is 0.266. The van der Waals surface area contributed by atoms with Gasteiger partial charge >= 0.3 is 5.76 Å². The van der Waals surface area contributed by atoms with Crippen LogP contribution in [0.2, 0.25) is 0 Å². The Morgan fingerprint density at radius 1 is 1.23 bits per heavy atom. The van der Waals surface area contributed by atoms with Crippen LogP contribution in [0.15, 0.2) is 15.6 Å². The van der Waals surface area contributed by atoms with Gasteiger partial charge in [-0.2, -0.15) is 0 Å². The van der Waals surface area contributed by atoms with E-state index >= 15 is 0 Å². The smallest absolute Gasteiger partial charge is 0.365 e. The second kappa shape index (κ2) is 7.85. The first kappa shape index (κ1) is 19.3. The molecule has 0 saturated heterocycles. The summed E-state index contributed by atoms with van der Waals surface area (Å²) in [6, 6.07) is 0.305. The molecule has 3 heterocycles. The Morgan fingerprint density at radius 3 is 2.70 bits per heavy atom. The molecule has 30 heavy (non-hydrogen) atoms. The number of rotatable bonds is 6. The molecule has 0 aromatic carbocycles. The van der Waals surface area contributed by atoms with Crippen LogP contribution in [0.3, 0.4) is 0 Å². The van der Waals surface area contributed by atoms with E-state index in [1.807, 2.05) is 6.33 Å². The fourth-order valence-electron chi connectivity index (χ4n) is 4.71. The van der Waals surface area contributed by atoms with E-state index in [1.54, 1.807) is 0 Å². The molecule has 3 aromatic rings. The lowest BCUT2D eigenvalue weighted by Gasteiger charge is -2.32. The standard InChI is InChI=1S/C21H29N7O2/c1-12-6-8-14(9-7-12)10-28-11-22-17-16(28)18(23-13(2)15-4-3-5-15)25-19(24-17)20-26-21(29)30-27-20/h11-15H,3-10H2,1-2H3,(H,23,24,25)(H,26,27,29)/t12?,13-,14?/m1/s1. The van der Waals surface area contributed by atoms with Crippen molar-refractivity contribution in [2.75, 3.05) is 5.32 Å². The van der Waals surface area contributed by atoms with Crippen molar-refractivity contribution in [2.45, 2.75) is 71.4 Å². The highest BCUT2D eigenvalue weighted by Crippen LogP contribution is 2.34. The first-order valence-corrected chi connectivity index (χ1v) is 11.1. The van der Waals surface area contributed by atoms with Crippen LogP contribution in [0.25, 0.3) is 22.8 Å². The topological polar surface area (TPSA) is 115 Å². The van der Waals surface area contributed by atoms with Gasteiger partial charge in [0.2, 0.25) is 11.6 Å². The summed E-state index contributed by atoms with van der Waals surface area (Å²) in [4.78, 5) is 27.8. The fraction of sp³-hybridized carbons (Fsp3) is 0.667. The van der Waals surface area contributed by atoms with Crippen molar-refractivity contribution in [2.24, 2.45) is 17.8 Å². The third-order valence-corrected chi connectivity index (χ3v) is 6.94. The summed E-state index contributed by atoms with van der Waals surface area (Å²) in [7, 11) is 0. The SMILES string of the molecule is CC1CCC(Cn2cnc3nc(-c4noc(=O)[nH]4)nc(N[C@H](C)C4CCC4)c32)CC1. The summed E-state index contributed by atoms with van der Waals surface area (Å²) in [6.07, 6.45) is 10.7. The van der Waals surface area contributed by atoms with E-state index in [0.717, 1.165) is 23.8 Å². The van der Waals surface area contributed by atoms with Gasteiger partial charge in [0.15, 0.2) is 11.5 Å². The van der Waals surface area contributed by atoms with Gasteiger partial charge in [-0.15, -0.1) is 0 Å². The number of aromatic amines is 1. The van der Waals surface area contributed by atoms with Crippen molar-refractivity contribution in [3.8, 4) is 11.6 Å². The molecule has 3 aromatic heterocycles. The van der Waals surface area contributed by atoms with Gasteiger partial charge in [0, 0.05) is 12.6 Å². The van der Waals surface area contributed by atoms with Crippen molar-refractivity contribution in [1.82, 2.24) is 29.7 Å². The molecule has 9 heteroatoms. The first-order valence-electron chi connectivity index (χ1n) is 11.1. The molecule has 1 atom stereocenters. The predicted octanol–water partition coefficient (Wildman–Crippen LogP) is 3.60. The molecular weight excluding hydrogens is 382 g/mol. The van der Waals surface area contributed by atoms with E-state index in [9.17, 15) is 4.79 Å². The number of nitrogens with zero attached hydrogens (tertiary/aromatic N) is 5. The summed E-state index contributed by atoms with van der Waals surface area (Å²) < 4.78 is 6.84. The minimum atomic E-state index is -0.622. The largest absolute Gasteiger partial charge is 0.439 e. The van der Waals surface area contributed by atoms with Gasteiger partial charge in [0.25, 0.3) is 0 Å². The molecule has 0 radical (unpaired) electrons. The van der Waals surface area contributed by atoms with Crippen molar-refractivity contribution in [1.29, 1.82) is 0 Å². The minimum absolute atomic E-state index is 0.220. The predicted molar refractivity (Wildman–Crippen MR) is 113 cm³/mol. The maximum absolute atomic E-state index is 11.4. The molecule has 0 spiro atoms. The molecule has 2 fully saturated rings. The molecule has 5 rings (SSSR count). The highest BCUT2D eigenvalue weighted by Gasteiger charge is 2.27. The molecule has 0 amide bonds. The van der Waals surface area contributed by atoms with Crippen molar-refractivity contribution in [3.05, 3.63) is 16.9 Å². The highest BCUT2D eigenvalue weighted by molar-refractivity contribution is 5.85. The number of hydrogen-bond donors (Lipinski definition) is 2. The fourth-order valence-corrected chi connectivity index (χ4v) is 4.71. The van der Waals surface area contributed by atoms with Crippen LogP contribution in [0.1, 0.15) is 58.8 Å². The van der Waals surface area contributed by atoms with Gasteiger partial charge in [0.05, 0.1) is 6.33 Å². The Balaban J connectivity index is 1.51. The summed E-state index contributed by atoms with van der Waals surface area (Å²) in [6.45, 7) is 5.48. The monoisotopic (exact) mass is 411 g/mol. The maximum Gasteiger partial charge on any atom is 0.439 e. The highest BCUT2D eigenvalue weighted by atomic mass is 16.5. The summed E-state index contributed by atoms with van der Waals surface area (Å²) in [5.41, 5.74) is 1.53. The summed E-state index contributed by atoms with van der Waals surface area (Å²) >= 11 is 0. The number of anilines is 1. The summed E-state index contributed by atoms with van der Waals surface area (Å²) in [5, 5.41) is 7.36. The number of nitrogens with one attached hydrogen (secondary N) is 2. The second-order valence-electron chi connectivity index (χ2n) is 9.16. The number of imidazole rings is 1. The summed E-state index contributed by atoms with van der Waals surface area (Å²) in [5.74, 6) is 2.80. The van der Waals surface area contributed by atoms with Gasteiger partial charge in [-0.05, 0) is 50.4 Å². The Kier molecular flexibility index (Phi) is 5.04. The molecule has 9 nitrogen and oxygen atoms in total. The molecule has 160 valence electrons. The second-order valence-corrected chi connectivity index (χ2v) is 9.16. The van der Waals surface area contributed by atoms with Crippen LogP contribution in [0, 0.1) is 17.8 Å². The van der Waals surface area contributed by atoms with Crippen LogP contribution in [-0.2, 0) is 6.54 Å². The van der Waals surface area contributed by atoms with E-state index in [2.05, 4.69) is 48.4 Å². The molecule has 2 aliphatic rings. The molecule has 0 aliphatic heterocycles. The van der Waals surface area contributed by atoms with E-state index in [-0.39, 0.29) is 5.82 Å². The number of H-pyrrole nitrogens is 1. The first-order chi connectivity index (χ1) is 14.6. The minimum Gasteiger partial charge on any atom is -0.365 e. The van der Waals surface area contributed by atoms with E-state index in [0.29, 0.717) is 29.3 Å². The van der Waals surface area contributed by atoms with Gasteiger partial charge in [-0.3, -0.25) is 9.51 Å². The quantitative estimate of drug-likeness (QED) is 0.637. The molecule has 2 saturated carbocycles. The number of fused-ring (bicyclic) bond motifs is 1. The maximum atomic E-state index is 11.4. The van der Waals surface area contributed by atoms with Gasteiger partial charge in [-0.25, -0.2) is 19.7 Å². The Morgan fingerprint density at radius 2 is 2.03 bits per heavy atom. The Labute approximate surface area is 174 Å². The van der Waals surface area contributed by atoms with Crippen LogP contribution in [0.4, 0.5) is 5.82 Å². The zero-order valence-corrected chi connectivity index (χ0v) is 17.6. The van der Waals surface area contributed by atoms with Crippen LogP contribution in [0.5, 0.6) is 0 Å². The van der Waals surface area contributed by atoms with Crippen molar-refractivity contribution >= 4 is 17.0 Å². The zero-order valence-electron chi connectivity index (χ0n) is 17.6. The van der Waals surface area contributed by atoms with Gasteiger partial charge in [0.1, 0.15) is 5.52 Å². The molecule has 0 unspecified atom stereocenters. The molecule has 0 bridgehead atoms. The van der Waals surface area contributed by atoms with Gasteiger partial charge in [-0.1, -0.05) is 31.3 Å². The third kappa shape index (κ3) is 3.73. The number of aromatic nitrogens is 6. The molecule has 2 aliphatic carbocycles. The Bertz CT molecular complexity index is 1070. The Hall–Kier alpha value is -2.71.